The summed E-state index contributed by atoms with van der Waals surface area (Å²) in [6.07, 6.45) is 5.45. The third kappa shape index (κ3) is 4.44. The number of nitrogens with two attached hydrogens (primary N) is 1. The second kappa shape index (κ2) is 6.48. The van der Waals surface area contributed by atoms with Crippen molar-refractivity contribution >= 4 is 16.1 Å². The molecule has 2 heterocycles. The van der Waals surface area contributed by atoms with E-state index in [0.29, 0.717) is 19.0 Å². The molecule has 3 N–H and O–H groups in total. The molecule has 0 aliphatic carbocycles. The van der Waals surface area contributed by atoms with Gasteiger partial charge in [0.2, 0.25) is 10.0 Å². The van der Waals surface area contributed by atoms with Gasteiger partial charge in [-0.15, -0.1) is 0 Å². The minimum atomic E-state index is -3.70. The number of unbranched alkanes of at least 4 members (excludes halogenated alkanes) is 1. The van der Waals surface area contributed by atoms with Gasteiger partial charge < -0.3 is 10.0 Å². The van der Waals surface area contributed by atoms with Crippen LogP contribution < -0.4 is 5.14 Å². The summed E-state index contributed by atoms with van der Waals surface area (Å²) in [6, 6.07) is 0. The van der Waals surface area contributed by atoms with Gasteiger partial charge in [0.05, 0.1) is 6.20 Å². The fraction of sp³-hybridized carbons (Fsp3) is 0.714. The molecule has 1 saturated heterocycles. The SMILES string of the molecule is CC1(C)C[C@H](CCCCn2cc(S(N)(=O)=O)cn2)CN1C(=O)O. The molecule has 2 rings (SSSR count). The highest BCUT2D eigenvalue weighted by Gasteiger charge is 2.40. The van der Waals surface area contributed by atoms with Gasteiger partial charge in [0.15, 0.2) is 0 Å². The molecule has 0 radical (unpaired) electrons. The number of aryl methyl sites for hydroxylation is 1. The normalized spacial score (nSPS) is 20.8. The van der Waals surface area contributed by atoms with Crippen molar-refractivity contribution in [2.75, 3.05) is 6.54 Å². The fourth-order valence-electron chi connectivity index (χ4n) is 3.24. The number of amides is 1. The van der Waals surface area contributed by atoms with Crippen LogP contribution in [0.2, 0.25) is 0 Å². The lowest BCUT2D eigenvalue weighted by Crippen LogP contribution is -2.41. The maximum absolute atomic E-state index is 11.2. The van der Waals surface area contributed by atoms with Crippen molar-refractivity contribution in [2.45, 2.75) is 56.5 Å². The van der Waals surface area contributed by atoms with E-state index in [2.05, 4.69) is 5.10 Å². The predicted octanol–water partition coefficient (Wildman–Crippen LogP) is 1.48. The molecule has 1 amide bonds. The largest absolute Gasteiger partial charge is 0.465 e. The highest BCUT2D eigenvalue weighted by atomic mass is 32.2. The molecule has 1 fully saturated rings. The van der Waals surface area contributed by atoms with Crippen LogP contribution in [0.3, 0.4) is 0 Å². The Balaban J connectivity index is 1.76. The summed E-state index contributed by atoms with van der Waals surface area (Å²) in [4.78, 5) is 12.8. The summed E-state index contributed by atoms with van der Waals surface area (Å²) < 4.78 is 23.9. The number of sulfonamides is 1. The Hall–Kier alpha value is -1.61. The van der Waals surface area contributed by atoms with Crippen molar-refractivity contribution in [3.05, 3.63) is 12.4 Å². The van der Waals surface area contributed by atoms with Crippen LogP contribution in [-0.2, 0) is 16.6 Å². The van der Waals surface area contributed by atoms with Crippen LogP contribution in [-0.4, -0.2) is 46.4 Å². The Labute approximate surface area is 136 Å². The number of hydrogen-bond donors (Lipinski definition) is 2. The maximum Gasteiger partial charge on any atom is 0.407 e. The molecule has 0 bridgehead atoms. The van der Waals surface area contributed by atoms with Crippen molar-refractivity contribution in [3.8, 4) is 0 Å². The van der Waals surface area contributed by atoms with Crippen molar-refractivity contribution in [3.63, 3.8) is 0 Å². The van der Waals surface area contributed by atoms with Gasteiger partial charge in [-0.1, -0.05) is 6.42 Å². The van der Waals surface area contributed by atoms with Gasteiger partial charge >= 0.3 is 6.09 Å². The Morgan fingerprint density at radius 1 is 1.48 bits per heavy atom. The highest BCUT2D eigenvalue weighted by Crippen LogP contribution is 2.35. The average molecular weight is 344 g/mol. The zero-order chi connectivity index (χ0) is 17.3. The third-order valence-corrected chi connectivity index (χ3v) is 5.25. The number of primary sulfonamides is 1. The van der Waals surface area contributed by atoms with Crippen molar-refractivity contribution in [2.24, 2.45) is 11.1 Å². The monoisotopic (exact) mass is 344 g/mol. The van der Waals surface area contributed by atoms with Crippen molar-refractivity contribution in [1.29, 1.82) is 0 Å². The minimum Gasteiger partial charge on any atom is -0.465 e. The molecule has 130 valence electrons. The summed E-state index contributed by atoms with van der Waals surface area (Å²) in [7, 11) is -3.70. The predicted molar refractivity (Wildman–Crippen MR) is 84.4 cm³/mol. The molecule has 0 spiro atoms. The number of carboxylic acid groups (broad SMARTS) is 1. The highest BCUT2D eigenvalue weighted by molar-refractivity contribution is 7.89. The molecule has 1 aromatic rings. The van der Waals surface area contributed by atoms with Crippen LogP contribution in [0.5, 0.6) is 0 Å². The number of rotatable bonds is 6. The fourth-order valence-corrected chi connectivity index (χ4v) is 3.70. The van der Waals surface area contributed by atoms with E-state index in [1.54, 1.807) is 4.68 Å². The number of nitrogens with zero attached hydrogens (tertiary/aromatic N) is 3. The lowest BCUT2D eigenvalue weighted by molar-refractivity contribution is 0.117. The number of hydrogen-bond acceptors (Lipinski definition) is 4. The summed E-state index contributed by atoms with van der Waals surface area (Å²) in [6.45, 7) is 5.12. The first-order chi connectivity index (χ1) is 10.6. The molecule has 8 nitrogen and oxygen atoms in total. The summed E-state index contributed by atoms with van der Waals surface area (Å²) in [5.74, 6) is 0.374. The first-order valence-corrected chi connectivity index (χ1v) is 9.20. The molecule has 9 heteroatoms. The van der Waals surface area contributed by atoms with E-state index in [4.69, 9.17) is 5.14 Å². The minimum absolute atomic E-state index is 0.0205. The summed E-state index contributed by atoms with van der Waals surface area (Å²) in [5.41, 5.74) is -0.303. The number of likely N-dealkylation sites (tertiary alicyclic amines) is 1. The van der Waals surface area contributed by atoms with E-state index in [1.807, 2.05) is 13.8 Å². The molecule has 1 aliphatic rings. The molecule has 1 atom stereocenters. The Bertz CT molecular complexity index is 668. The molecule has 0 unspecified atom stereocenters. The van der Waals surface area contributed by atoms with Gasteiger partial charge in [-0.2, -0.15) is 5.10 Å². The van der Waals surface area contributed by atoms with E-state index in [0.717, 1.165) is 25.7 Å². The third-order valence-electron chi connectivity index (χ3n) is 4.38. The lowest BCUT2D eigenvalue weighted by atomic mass is 9.93. The van der Waals surface area contributed by atoms with Crippen LogP contribution in [0.1, 0.15) is 39.5 Å². The molecule has 23 heavy (non-hydrogen) atoms. The van der Waals surface area contributed by atoms with Gasteiger partial charge in [0.25, 0.3) is 0 Å². The quantitative estimate of drug-likeness (QED) is 0.758. The van der Waals surface area contributed by atoms with E-state index < -0.39 is 16.1 Å². The zero-order valence-corrected chi connectivity index (χ0v) is 14.3. The molecule has 1 aliphatic heterocycles. The van der Waals surface area contributed by atoms with Gasteiger partial charge in [-0.3, -0.25) is 4.68 Å². The van der Waals surface area contributed by atoms with Crippen LogP contribution in [0.4, 0.5) is 4.79 Å². The standard InChI is InChI=1S/C14H24N4O4S/c1-14(2)7-11(9-18(14)13(19)20)5-3-4-6-17-10-12(8-16-17)23(15,21)22/h8,10-11H,3-7,9H2,1-2H3,(H,19,20)(H2,15,21,22)/t11-/m0/s1. The molecular weight excluding hydrogens is 320 g/mol. The first-order valence-electron chi connectivity index (χ1n) is 7.65. The van der Waals surface area contributed by atoms with Crippen molar-refractivity contribution < 1.29 is 18.3 Å². The molecule has 1 aromatic heterocycles. The molecule has 0 aromatic carbocycles. The smallest absolute Gasteiger partial charge is 0.407 e. The van der Waals surface area contributed by atoms with Crippen LogP contribution in [0.15, 0.2) is 17.3 Å². The Morgan fingerprint density at radius 3 is 2.70 bits per heavy atom. The van der Waals surface area contributed by atoms with Gasteiger partial charge in [0.1, 0.15) is 4.90 Å². The van der Waals surface area contributed by atoms with E-state index in [-0.39, 0.29) is 10.4 Å². The van der Waals surface area contributed by atoms with Gasteiger partial charge in [-0.25, -0.2) is 18.4 Å². The van der Waals surface area contributed by atoms with Gasteiger partial charge in [0, 0.05) is 24.8 Å². The van der Waals surface area contributed by atoms with E-state index in [1.165, 1.54) is 17.3 Å². The lowest BCUT2D eigenvalue weighted by Gasteiger charge is -2.28. The van der Waals surface area contributed by atoms with E-state index in [9.17, 15) is 18.3 Å². The number of aromatic nitrogens is 2. The van der Waals surface area contributed by atoms with Crippen LogP contribution in [0, 0.1) is 5.92 Å². The van der Waals surface area contributed by atoms with Crippen molar-refractivity contribution in [1.82, 2.24) is 14.7 Å². The average Bonchev–Trinajstić information content (AvgIpc) is 2.98. The Kier molecular flexibility index (Phi) is 5.00. The van der Waals surface area contributed by atoms with E-state index >= 15 is 0 Å². The summed E-state index contributed by atoms with van der Waals surface area (Å²) >= 11 is 0. The molecular formula is C14H24N4O4S. The maximum atomic E-state index is 11.2. The topological polar surface area (TPSA) is 119 Å². The second-order valence-electron chi connectivity index (χ2n) is 6.76. The van der Waals surface area contributed by atoms with Crippen LogP contribution in [0.25, 0.3) is 0 Å². The first kappa shape index (κ1) is 17.7. The second-order valence-corrected chi connectivity index (χ2v) is 8.32. The zero-order valence-electron chi connectivity index (χ0n) is 13.5. The molecule has 0 saturated carbocycles. The van der Waals surface area contributed by atoms with Crippen LogP contribution >= 0.6 is 0 Å². The number of carbonyl (C=O) groups is 1. The Morgan fingerprint density at radius 2 is 2.17 bits per heavy atom. The van der Waals surface area contributed by atoms with Gasteiger partial charge in [-0.05, 0) is 39.0 Å². The summed E-state index contributed by atoms with van der Waals surface area (Å²) in [5, 5.41) is 18.2.